The summed E-state index contributed by atoms with van der Waals surface area (Å²) in [6.45, 7) is 3.22. The van der Waals surface area contributed by atoms with Crippen molar-refractivity contribution in [2.24, 2.45) is 5.11 Å². The molecule has 7 nitrogen and oxygen atoms in total. The molecule has 0 fully saturated rings. The van der Waals surface area contributed by atoms with E-state index in [2.05, 4.69) is 15.3 Å². The molecule has 98 valence electrons. The minimum Gasteiger partial charge on any atom is -0.468 e. The highest BCUT2D eigenvalue weighted by Crippen LogP contribution is 2.12. The molecular weight excluding hydrogens is 224 g/mol. The van der Waals surface area contributed by atoms with Crippen molar-refractivity contribution < 1.29 is 14.3 Å². The van der Waals surface area contributed by atoms with Gasteiger partial charge in [0.1, 0.15) is 5.54 Å². The van der Waals surface area contributed by atoms with Gasteiger partial charge in [-0.25, -0.2) is 0 Å². The third kappa shape index (κ3) is 6.11. The summed E-state index contributed by atoms with van der Waals surface area (Å²) >= 11 is 0. The smallest absolute Gasteiger partial charge is 0.325 e. The average molecular weight is 244 g/mol. The Kier molecular flexibility index (Phi) is 8.13. The first kappa shape index (κ1) is 15.7. The molecule has 1 N–H and O–H groups in total. The molecule has 0 aliphatic heterocycles. The van der Waals surface area contributed by atoms with Crippen molar-refractivity contribution in [1.29, 1.82) is 0 Å². The molecule has 0 aliphatic rings. The van der Waals surface area contributed by atoms with Crippen LogP contribution in [0.5, 0.6) is 0 Å². The molecule has 0 rings (SSSR count). The van der Waals surface area contributed by atoms with Crippen molar-refractivity contribution >= 4 is 5.97 Å². The maximum Gasteiger partial charge on any atom is 0.325 e. The van der Waals surface area contributed by atoms with Crippen molar-refractivity contribution in [2.75, 3.05) is 33.9 Å². The quantitative estimate of drug-likeness (QED) is 0.217. The highest BCUT2D eigenvalue weighted by Gasteiger charge is 2.33. The summed E-state index contributed by atoms with van der Waals surface area (Å²) in [5, 5.41) is 6.52. The Morgan fingerprint density at radius 2 is 2.24 bits per heavy atom. The fraction of sp³-hybridized carbons (Fsp3) is 0.900. The van der Waals surface area contributed by atoms with Gasteiger partial charge in [-0.3, -0.25) is 4.79 Å². The van der Waals surface area contributed by atoms with Gasteiger partial charge < -0.3 is 14.8 Å². The fourth-order valence-electron chi connectivity index (χ4n) is 1.35. The first-order valence-electron chi connectivity index (χ1n) is 5.44. The van der Waals surface area contributed by atoms with E-state index in [1.807, 2.05) is 0 Å². The predicted molar refractivity (Wildman–Crippen MR) is 63.5 cm³/mol. The van der Waals surface area contributed by atoms with Crippen molar-refractivity contribution in [1.82, 2.24) is 5.32 Å². The standard InChI is InChI=1S/C10H20N4O3/c1-10(5-8-16-2,9(15)17-3)12-6-4-7-13-14-11/h12H,4-8H2,1-3H3. The van der Waals surface area contributed by atoms with Crippen molar-refractivity contribution in [2.45, 2.75) is 25.3 Å². The first-order valence-corrected chi connectivity index (χ1v) is 5.44. The molecule has 1 unspecified atom stereocenters. The molecule has 0 spiro atoms. The van der Waals surface area contributed by atoms with Crippen LogP contribution in [0.25, 0.3) is 10.4 Å². The summed E-state index contributed by atoms with van der Waals surface area (Å²) in [5.41, 5.74) is 7.35. The number of carbonyl (C=O) groups excluding carboxylic acids is 1. The highest BCUT2D eigenvalue weighted by molar-refractivity contribution is 5.80. The van der Waals surface area contributed by atoms with E-state index in [9.17, 15) is 4.79 Å². The Bertz CT molecular complexity index is 279. The molecule has 0 heterocycles. The average Bonchev–Trinajstić information content (AvgIpc) is 2.35. The van der Waals surface area contributed by atoms with Gasteiger partial charge in [-0.15, -0.1) is 0 Å². The number of azide groups is 1. The zero-order valence-corrected chi connectivity index (χ0v) is 10.6. The van der Waals surface area contributed by atoms with Crippen LogP contribution in [-0.4, -0.2) is 45.4 Å². The zero-order valence-electron chi connectivity index (χ0n) is 10.6. The number of nitrogens with one attached hydrogen (secondary N) is 1. The largest absolute Gasteiger partial charge is 0.468 e. The monoisotopic (exact) mass is 244 g/mol. The van der Waals surface area contributed by atoms with E-state index in [0.717, 1.165) is 0 Å². The normalized spacial score (nSPS) is 13.6. The van der Waals surface area contributed by atoms with Gasteiger partial charge in [-0.2, -0.15) is 0 Å². The Balaban J connectivity index is 4.18. The number of esters is 1. The number of methoxy groups -OCH3 is 2. The third-order valence-corrected chi connectivity index (χ3v) is 2.46. The first-order chi connectivity index (χ1) is 8.10. The summed E-state index contributed by atoms with van der Waals surface area (Å²) in [6, 6.07) is 0. The van der Waals surface area contributed by atoms with E-state index in [0.29, 0.717) is 32.5 Å². The lowest BCUT2D eigenvalue weighted by Gasteiger charge is -2.27. The van der Waals surface area contributed by atoms with Gasteiger partial charge in [0.2, 0.25) is 0 Å². The second kappa shape index (κ2) is 8.81. The lowest BCUT2D eigenvalue weighted by atomic mass is 9.98. The molecule has 0 aromatic carbocycles. The molecular formula is C10H20N4O3. The summed E-state index contributed by atoms with van der Waals surface area (Å²) in [7, 11) is 2.94. The number of carbonyl (C=O) groups is 1. The van der Waals surface area contributed by atoms with Crippen LogP contribution < -0.4 is 5.32 Å². The minimum absolute atomic E-state index is 0.321. The van der Waals surface area contributed by atoms with Gasteiger partial charge in [-0.05, 0) is 31.8 Å². The molecule has 17 heavy (non-hydrogen) atoms. The van der Waals surface area contributed by atoms with Gasteiger partial charge in [0.15, 0.2) is 0 Å². The Morgan fingerprint density at radius 1 is 1.53 bits per heavy atom. The van der Waals surface area contributed by atoms with E-state index < -0.39 is 5.54 Å². The van der Waals surface area contributed by atoms with Crippen LogP contribution in [0.15, 0.2) is 5.11 Å². The summed E-state index contributed by atoms with van der Waals surface area (Å²) in [5.74, 6) is -0.321. The van der Waals surface area contributed by atoms with Crippen LogP contribution in [0, 0.1) is 0 Å². The zero-order chi connectivity index (χ0) is 13.1. The van der Waals surface area contributed by atoms with Gasteiger partial charge in [0, 0.05) is 25.2 Å². The highest BCUT2D eigenvalue weighted by atomic mass is 16.5. The molecule has 1 atom stereocenters. The Hall–Kier alpha value is -1.30. The third-order valence-electron chi connectivity index (χ3n) is 2.46. The molecule has 0 saturated heterocycles. The van der Waals surface area contributed by atoms with Crippen LogP contribution in [0.1, 0.15) is 19.8 Å². The van der Waals surface area contributed by atoms with Crippen LogP contribution in [0.3, 0.4) is 0 Å². The van der Waals surface area contributed by atoms with Gasteiger partial charge in [0.05, 0.1) is 7.11 Å². The van der Waals surface area contributed by atoms with Gasteiger partial charge in [0.25, 0.3) is 0 Å². The second-order valence-corrected chi connectivity index (χ2v) is 3.80. The molecule has 0 radical (unpaired) electrons. The Morgan fingerprint density at radius 3 is 2.76 bits per heavy atom. The minimum atomic E-state index is -0.763. The molecule has 0 bridgehead atoms. The van der Waals surface area contributed by atoms with Crippen molar-refractivity contribution in [3.8, 4) is 0 Å². The van der Waals surface area contributed by atoms with E-state index >= 15 is 0 Å². The van der Waals surface area contributed by atoms with E-state index in [-0.39, 0.29) is 5.97 Å². The maximum absolute atomic E-state index is 11.6. The van der Waals surface area contributed by atoms with E-state index in [1.165, 1.54) is 7.11 Å². The second-order valence-electron chi connectivity index (χ2n) is 3.80. The number of hydrogen-bond acceptors (Lipinski definition) is 5. The molecule has 0 aliphatic carbocycles. The lowest BCUT2D eigenvalue weighted by molar-refractivity contribution is -0.148. The predicted octanol–water partition coefficient (Wildman–Crippen LogP) is 1.24. The van der Waals surface area contributed by atoms with Gasteiger partial charge >= 0.3 is 5.97 Å². The number of nitrogens with zero attached hydrogens (tertiary/aromatic N) is 3. The molecule has 0 amide bonds. The topological polar surface area (TPSA) is 96.3 Å². The molecule has 0 saturated carbocycles. The Labute approximate surface area is 101 Å². The van der Waals surface area contributed by atoms with Crippen LogP contribution >= 0.6 is 0 Å². The number of hydrogen-bond donors (Lipinski definition) is 1. The molecule has 7 heteroatoms. The summed E-state index contributed by atoms with van der Waals surface area (Å²) < 4.78 is 9.71. The fourth-order valence-corrected chi connectivity index (χ4v) is 1.35. The van der Waals surface area contributed by atoms with Crippen LogP contribution in [0.4, 0.5) is 0 Å². The molecule has 0 aromatic rings. The lowest BCUT2D eigenvalue weighted by Crippen LogP contribution is -2.51. The SMILES string of the molecule is COCCC(C)(NCCCN=[N+]=[N-])C(=O)OC. The van der Waals surface area contributed by atoms with E-state index in [1.54, 1.807) is 14.0 Å². The maximum atomic E-state index is 11.6. The van der Waals surface area contributed by atoms with Crippen molar-refractivity contribution in [3.05, 3.63) is 10.4 Å². The van der Waals surface area contributed by atoms with Crippen LogP contribution in [0.2, 0.25) is 0 Å². The van der Waals surface area contributed by atoms with Crippen molar-refractivity contribution in [3.63, 3.8) is 0 Å². The molecule has 0 aromatic heterocycles. The summed E-state index contributed by atoms with van der Waals surface area (Å²) in [6.07, 6.45) is 1.20. The summed E-state index contributed by atoms with van der Waals surface area (Å²) in [4.78, 5) is 14.3. The number of ether oxygens (including phenoxy) is 2. The number of rotatable bonds is 9. The van der Waals surface area contributed by atoms with E-state index in [4.69, 9.17) is 15.0 Å². The van der Waals surface area contributed by atoms with Crippen LogP contribution in [-0.2, 0) is 14.3 Å². The van der Waals surface area contributed by atoms with Gasteiger partial charge in [-0.1, -0.05) is 5.11 Å².